The van der Waals surface area contributed by atoms with E-state index in [-0.39, 0.29) is 27.2 Å². The molecule has 0 saturated carbocycles. The molecule has 1 aliphatic rings. The van der Waals surface area contributed by atoms with Crippen molar-refractivity contribution in [2.45, 2.75) is 6.18 Å². The molecule has 1 aromatic carbocycles. The van der Waals surface area contributed by atoms with E-state index in [0.717, 1.165) is 12.1 Å². The summed E-state index contributed by atoms with van der Waals surface area (Å²) < 4.78 is 49.3. The molecule has 0 radical (unpaired) electrons. The third-order valence-electron chi connectivity index (χ3n) is 1.83. The topological polar surface area (TPSA) is 47.6 Å². The van der Waals surface area contributed by atoms with E-state index in [1.165, 1.54) is 12.3 Å². The Morgan fingerprint density at radius 1 is 1.12 bits per heavy atom. The second kappa shape index (κ2) is 4.97. The van der Waals surface area contributed by atoms with Crippen molar-refractivity contribution in [2.75, 3.05) is 0 Å². The van der Waals surface area contributed by atoms with Gasteiger partial charge in [-0.1, -0.05) is 6.07 Å². The first kappa shape index (κ1) is 15.1. The molecule has 0 fully saturated rings. The standard InChI is InChI=1S/C9H4F4N.H2N.W/c10-7-3-5(8-4-14-8)1-2-6(7)9(11,12)13;;/h1-4H;1H2;/q2*-1;+2. The maximum absolute atomic E-state index is 12.9. The van der Waals surface area contributed by atoms with Crippen molar-refractivity contribution in [1.29, 1.82) is 0 Å². The molecule has 7 heteroatoms. The molecule has 0 saturated heterocycles. The zero-order valence-electron chi connectivity index (χ0n) is 7.75. The van der Waals surface area contributed by atoms with Gasteiger partial charge < -0.3 is 11.5 Å². The summed E-state index contributed by atoms with van der Waals surface area (Å²) in [5, 5.41) is 3.65. The van der Waals surface area contributed by atoms with Crippen LogP contribution in [0.2, 0.25) is 0 Å². The van der Waals surface area contributed by atoms with Gasteiger partial charge in [-0.3, -0.25) is 0 Å². The number of hydrogen-bond donors (Lipinski definition) is 0. The molecule has 2 rings (SSSR count). The van der Waals surface area contributed by atoms with Gasteiger partial charge in [0.1, 0.15) is 5.82 Å². The van der Waals surface area contributed by atoms with Crippen LogP contribution in [0.4, 0.5) is 17.6 Å². The molecule has 86 valence electrons. The predicted octanol–water partition coefficient (Wildman–Crippen LogP) is 4.24. The molecule has 1 aromatic rings. The summed E-state index contributed by atoms with van der Waals surface area (Å²) >= 11 is 0. The zero-order chi connectivity index (χ0) is 10.3. The summed E-state index contributed by atoms with van der Waals surface area (Å²) in [6, 6.07) is 2.76. The minimum absolute atomic E-state index is 0. The van der Waals surface area contributed by atoms with Crippen molar-refractivity contribution in [3.05, 3.63) is 52.8 Å². The Balaban J connectivity index is 0.00000112. The Morgan fingerprint density at radius 3 is 2.06 bits per heavy atom. The smallest absolute Gasteiger partial charge is 0.693 e. The van der Waals surface area contributed by atoms with Crippen molar-refractivity contribution < 1.29 is 38.6 Å². The molecule has 1 heterocycles. The molecule has 2 N–H and O–H groups in total. The normalized spacial score (nSPS) is 12.9. The van der Waals surface area contributed by atoms with E-state index in [4.69, 9.17) is 0 Å². The Labute approximate surface area is 104 Å². The molecule has 0 aliphatic carbocycles. The molecule has 16 heavy (non-hydrogen) atoms. The number of nitrogens with zero attached hydrogens (tertiary/aromatic N) is 1. The first-order valence-electron chi connectivity index (χ1n) is 3.76. The minimum atomic E-state index is -4.64. The van der Waals surface area contributed by atoms with Gasteiger partial charge in [0.2, 0.25) is 0 Å². The summed E-state index contributed by atoms with van der Waals surface area (Å²) in [7, 11) is 0. The van der Waals surface area contributed by atoms with E-state index in [9.17, 15) is 17.6 Å². The molecular formula is C9H6F4N2W. The summed E-state index contributed by atoms with van der Waals surface area (Å²) in [5.74, 6) is -1.27. The van der Waals surface area contributed by atoms with Crippen molar-refractivity contribution in [3.63, 3.8) is 0 Å². The van der Waals surface area contributed by atoms with Crippen LogP contribution in [0.1, 0.15) is 11.1 Å². The van der Waals surface area contributed by atoms with Crippen LogP contribution in [0.5, 0.6) is 0 Å². The van der Waals surface area contributed by atoms with Gasteiger partial charge in [-0.05, 0) is 17.7 Å². The summed E-state index contributed by atoms with van der Waals surface area (Å²) in [6.07, 6.45) is -3.18. The zero-order valence-corrected chi connectivity index (χ0v) is 10.7. The van der Waals surface area contributed by atoms with Gasteiger partial charge in [0, 0.05) is 0 Å². The average molecular weight is 402 g/mol. The Morgan fingerprint density at radius 2 is 1.69 bits per heavy atom. The van der Waals surface area contributed by atoms with Gasteiger partial charge in [-0.15, -0.1) is 0 Å². The monoisotopic (exact) mass is 402 g/mol. The number of rotatable bonds is 1. The molecular weight excluding hydrogens is 396 g/mol. The van der Waals surface area contributed by atoms with Crippen molar-refractivity contribution in [3.8, 4) is 0 Å². The Bertz CT molecular complexity index is 414. The fraction of sp³-hybridized carbons (Fsp3) is 0.111. The molecule has 0 aromatic heterocycles. The first-order chi connectivity index (χ1) is 6.48. The van der Waals surface area contributed by atoms with Crippen LogP contribution in [0.15, 0.2) is 24.4 Å². The molecule has 1 aliphatic heterocycles. The average Bonchev–Trinajstić information content (AvgIpc) is 2.83. The van der Waals surface area contributed by atoms with Crippen molar-refractivity contribution >= 4 is 5.70 Å². The molecule has 2 nitrogen and oxygen atoms in total. The fourth-order valence-electron chi connectivity index (χ4n) is 1.09. The van der Waals surface area contributed by atoms with E-state index in [1.54, 1.807) is 0 Å². The minimum Gasteiger partial charge on any atom is -0.693 e. The van der Waals surface area contributed by atoms with Crippen LogP contribution in [0.3, 0.4) is 0 Å². The molecule has 0 amide bonds. The Hall–Kier alpha value is -0.872. The van der Waals surface area contributed by atoms with E-state index >= 15 is 0 Å². The van der Waals surface area contributed by atoms with E-state index in [2.05, 4.69) is 5.32 Å². The molecule has 0 bridgehead atoms. The second-order valence-corrected chi connectivity index (χ2v) is 2.84. The summed E-state index contributed by atoms with van der Waals surface area (Å²) in [5.41, 5.74) is -0.351. The molecule has 0 atom stereocenters. The maximum atomic E-state index is 12.9. The van der Waals surface area contributed by atoms with Gasteiger partial charge in [0.05, 0.1) is 5.56 Å². The van der Waals surface area contributed by atoms with Gasteiger partial charge >= 0.3 is 27.2 Å². The van der Waals surface area contributed by atoms with Gasteiger partial charge in [-0.25, -0.2) is 4.39 Å². The summed E-state index contributed by atoms with van der Waals surface area (Å²) in [4.78, 5) is 0. The van der Waals surface area contributed by atoms with Crippen LogP contribution in [0.25, 0.3) is 17.2 Å². The number of alkyl halides is 3. The van der Waals surface area contributed by atoms with E-state index in [1.807, 2.05) is 0 Å². The Kier molecular flexibility index (Phi) is 4.70. The number of halogens is 4. The predicted molar refractivity (Wildman–Crippen MR) is 48.0 cm³/mol. The largest absolute Gasteiger partial charge is 2.00 e. The second-order valence-electron chi connectivity index (χ2n) is 2.84. The van der Waals surface area contributed by atoms with Crippen LogP contribution >= 0.6 is 0 Å². The summed E-state index contributed by atoms with van der Waals surface area (Å²) in [6.45, 7) is 0. The fourth-order valence-corrected chi connectivity index (χ4v) is 1.09. The third kappa shape index (κ3) is 3.06. The first-order valence-corrected chi connectivity index (χ1v) is 3.76. The van der Waals surface area contributed by atoms with Gasteiger partial charge in [0.25, 0.3) is 0 Å². The third-order valence-corrected chi connectivity index (χ3v) is 1.83. The maximum Gasteiger partial charge on any atom is 2.00 e. The van der Waals surface area contributed by atoms with Gasteiger partial charge in [0.15, 0.2) is 0 Å². The van der Waals surface area contributed by atoms with Crippen LogP contribution in [-0.4, -0.2) is 0 Å². The van der Waals surface area contributed by atoms with Crippen LogP contribution in [0, 0.1) is 5.82 Å². The number of nitrogens with two attached hydrogens (primary N) is 1. The number of hydrogen-bond acceptors (Lipinski definition) is 0. The van der Waals surface area contributed by atoms with Crippen molar-refractivity contribution in [1.82, 2.24) is 0 Å². The molecule has 0 unspecified atom stereocenters. The van der Waals surface area contributed by atoms with Crippen LogP contribution in [-0.2, 0) is 27.2 Å². The van der Waals surface area contributed by atoms with E-state index in [0.29, 0.717) is 11.3 Å². The van der Waals surface area contributed by atoms with Crippen LogP contribution < -0.4 is 0 Å². The SMILES string of the molecule is Fc1cc(C2=C[N-]2)ccc1C(F)(F)F.[NH2-].[W+2]. The molecule has 0 spiro atoms. The van der Waals surface area contributed by atoms with E-state index < -0.39 is 17.6 Å². The number of benzene rings is 1. The quantitative estimate of drug-likeness (QED) is 0.632. The van der Waals surface area contributed by atoms with Crippen molar-refractivity contribution in [2.24, 2.45) is 0 Å². The van der Waals surface area contributed by atoms with Gasteiger partial charge in [-0.2, -0.15) is 25.1 Å².